The molecule has 25 heavy (non-hydrogen) atoms. The highest BCUT2D eigenvalue weighted by atomic mass is 127. The molecule has 0 aliphatic carbocycles. The number of hydrogen-bond acceptors (Lipinski definition) is 5. The molecule has 0 aliphatic rings. The van der Waals surface area contributed by atoms with Crippen LogP contribution in [-0.4, -0.2) is 84.6 Å². The lowest BCUT2D eigenvalue weighted by atomic mass is 10.4. The first-order valence-corrected chi connectivity index (χ1v) is 10.3. The van der Waals surface area contributed by atoms with Crippen LogP contribution in [0.3, 0.4) is 0 Å². The number of hydrogen-bond donors (Lipinski definition) is 2. The highest BCUT2D eigenvalue weighted by Crippen LogP contribution is 1.98. The molecule has 0 fully saturated rings. The highest BCUT2D eigenvalue weighted by Gasteiger charge is 2.13. The van der Waals surface area contributed by atoms with Gasteiger partial charge in [0.1, 0.15) is 0 Å². The summed E-state index contributed by atoms with van der Waals surface area (Å²) in [6, 6.07) is 0. The molecule has 0 bridgehead atoms. The van der Waals surface area contributed by atoms with Gasteiger partial charge in [-0.2, -0.15) is 0 Å². The molecule has 0 spiro atoms. The number of ether oxygens (including phenoxy) is 2. The Bertz CT molecular complexity index is 435. The fourth-order valence-electron chi connectivity index (χ4n) is 1.96. The molecule has 0 aromatic heterocycles. The summed E-state index contributed by atoms with van der Waals surface area (Å²) in [5, 5.41) is 6.39. The van der Waals surface area contributed by atoms with Gasteiger partial charge in [-0.25, -0.2) is 12.7 Å². The predicted molar refractivity (Wildman–Crippen MR) is 113 cm³/mol. The molecule has 152 valence electrons. The van der Waals surface area contributed by atoms with Crippen LogP contribution in [0, 0.1) is 0 Å². The molecule has 8 nitrogen and oxygen atoms in total. The number of sulfonamides is 1. The Morgan fingerprint density at radius 2 is 1.84 bits per heavy atom. The average Bonchev–Trinajstić information content (AvgIpc) is 2.52. The normalized spacial score (nSPS) is 12.1. The molecule has 0 rings (SSSR count). The Morgan fingerprint density at radius 3 is 2.40 bits per heavy atom. The molecule has 0 radical (unpaired) electrons. The van der Waals surface area contributed by atoms with Crippen molar-refractivity contribution in [2.24, 2.45) is 4.99 Å². The van der Waals surface area contributed by atoms with Gasteiger partial charge in [-0.15, -0.1) is 24.0 Å². The van der Waals surface area contributed by atoms with Crippen LogP contribution in [0.2, 0.25) is 0 Å². The van der Waals surface area contributed by atoms with Gasteiger partial charge in [0.15, 0.2) is 5.96 Å². The Morgan fingerprint density at radius 1 is 1.12 bits per heavy atom. The van der Waals surface area contributed by atoms with E-state index in [1.54, 1.807) is 7.11 Å². The first-order valence-electron chi connectivity index (χ1n) is 8.49. The zero-order valence-electron chi connectivity index (χ0n) is 15.9. The Balaban J connectivity index is 0. The van der Waals surface area contributed by atoms with Crippen molar-refractivity contribution in [3.63, 3.8) is 0 Å². The topological polar surface area (TPSA) is 92.3 Å². The van der Waals surface area contributed by atoms with E-state index in [1.165, 1.54) is 10.6 Å². The van der Waals surface area contributed by atoms with E-state index in [0.717, 1.165) is 25.3 Å². The summed E-state index contributed by atoms with van der Waals surface area (Å²) >= 11 is 0. The molecular weight excluding hydrogens is 459 g/mol. The molecule has 0 atom stereocenters. The minimum atomic E-state index is -3.12. The maximum Gasteiger partial charge on any atom is 0.211 e. The number of halogens is 1. The van der Waals surface area contributed by atoms with E-state index >= 15 is 0 Å². The Kier molecular flexibility index (Phi) is 18.7. The SMILES string of the molecule is CCNC(=NCCCOCCOC)NCCCN(CC)S(C)(=O)=O.I. The summed E-state index contributed by atoms with van der Waals surface area (Å²) in [5.41, 5.74) is 0. The van der Waals surface area contributed by atoms with Gasteiger partial charge in [0.05, 0.1) is 19.5 Å². The minimum Gasteiger partial charge on any atom is -0.382 e. The summed E-state index contributed by atoms with van der Waals surface area (Å²) in [6.45, 7) is 8.84. The number of methoxy groups -OCH3 is 1. The Hall–Kier alpha value is -0.170. The molecule has 0 saturated heterocycles. The first kappa shape index (κ1) is 27.1. The van der Waals surface area contributed by atoms with Crippen molar-refractivity contribution in [3.8, 4) is 0 Å². The van der Waals surface area contributed by atoms with Crippen molar-refractivity contribution in [2.75, 3.05) is 65.9 Å². The molecule has 0 aliphatic heterocycles. The second-order valence-electron chi connectivity index (χ2n) is 5.25. The smallest absolute Gasteiger partial charge is 0.211 e. The standard InChI is InChI=1S/C15H34N4O4S.HI/c1-5-16-15(18-10-8-12-23-14-13-22-3)17-9-7-11-19(6-2)24(4,20)21;/h5-14H2,1-4H3,(H2,16,17,18);1H. The van der Waals surface area contributed by atoms with Crippen LogP contribution in [0.1, 0.15) is 26.7 Å². The third kappa shape index (κ3) is 15.8. The molecule has 0 heterocycles. The van der Waals surface area contributed by atoms with Crippen molar-refractivity contribution >= 4 is 40.0 Å². The summed E-state index contributed by atoms with van der Waals surface area (Å²) in [6.07, 6.45) is 2.81. The van der Waals surface area contributed by atoms with Crippen LogP contribution in [0.4, 0.5) is 0 Å². The van der Waals surface area contributed by atoms with Gasteiger partial charge < -0.3 is 20.1 Å². The lowest BCUT2D eigenvalue weighted by molar-refractivity contribution is 0.0702. The number of nitrogens with one attached hydrogen (secondary N) is 2. The van der Waals surface area contributed by atoms with Crippen molar-refractivity contribution in [1.29, 1.82) is 0 Å². The maximum absolute atomic E-state index is 11.5. The van der Waals surface area contributed by atoms with Crippen LogP contribution in [0.25, 0.3) is 0 Å². The van der Waals surface area contributed by atoms with Gasteiger partial charge in [-0.1, -0.05) is 6.92 Å². The number of rotatable bonds is 14. The summed E-state index contributed by atoms with van der Waals surface area (Å²) in [4.78, 5) is 4.47. The van der Waals surface area contributed by atoms with Gasteiger partial charge in [-0.3, -0.25) is 4.99 Å². The fourth-order valence-corrected chi connectivity index (χ4v) is 2.89. The zero-order chi connectivity index (χ0) is 18.3. The lowest BCUT2D eigenvalue weighted by Crippen LogP contribution is -2.39. The van der Waals surface area contributed by atoms with Crippen LogP contribution >= 0.6 is 24.0 Å². The van der Waals surface area contributed by atoms with E-state index in [9.17, 15) is 8.42 Å². The van der Waals surface area contributed by atoms with Crippen LogP contribution in [0.5, 0.6) is 0 Å². The van der Waals surface area contributed by atoms with Crippen LogP contribution < -0.4 is 10.6 Å². The van der Waals surface area contributed by atoms with Crippen LogP contribution in [-0.2, 0) is 19.5 Å². The van der Waals surface area contributed by atoms with Gasteiger partial charge in [0.2, 0.25) is 10.0 Å². The highest BCUT2D eigenvalue weighted by molar-refractivity contribution is 14.0. The molecule has 0 aromatic rings. The molecule has 10 heteroatoms. The predicted octanol–water partition coefficient (Wildman–Crippen LogP) is 0.884. The Labute approximate surface area is 170 Å². The fraction of sp³-hybridized carbons (Fsp3) is 0.933. The first-order chi connectivity index (χ1) is 11.5. The van der Waals surface area contributed by atoms with E-state index in [0.29, 0.717) is 46.0 Å². The van der Waals surface area contributed by atoms with Gasteiger partial charge in [0, 0.05) is 46.4 Å². The zero-order valence-corrected chi connectivity index (χ0v) is 19.1. The third-order valence-corrected chi connectivity index (χ3v) is 4.57. The summed E-state index contributed by atoms with van der Waals surface area (Å²) in [5.74, 6) is 0.747. The monoisotopic (exact) mass is 494 g/mol. The van der Waals surface area contributed by atoms with E-state index < -0.39 is 10.0 Å². The molecule has 2 N–H and O–H groups in total. The van der Waals surface area contributed by atoms with Crippen molar-refractivity contribution in [2.45, 2.75) is 26.7 Å². The third-order valence-electron chi connectivity index (χ3n) is 3.19. The van der Waals surface area contributed by atoms with Gasteiger partial charge >= 0.3 is 0 Å². The molecule has 0 saturated carbocycles. The molecule has 0 unspecified atom stereocenters. The quantitative estimate of drug-likeness (QED) is 0.161. The van der Waals surface area contributed by atoms with E-state index in [-0.39, 0.29) is 24.0 Å². The van der Waals surface area contributed by atoms with Crippen molar-refractivity contribution in [3.05, 3.63) is 0 Å². The molecule has 0 aromatic carbocycles. The lowest BCUT2D eigenvalue weighted by Gasteiger charge is -2.18. The maximum atomic E-state index is 11.5. The van der Waals surface area contributed by atoms with Gasteiger partial charge in [0.25, 0.3) is 0 Å². The summed E-state index contributed by atoms with van der Waals surface area (Å²) in [7, 11) is -1.47. The molecule has 0 amide bonds. The number of guanidine groups is 1. The van der Waals surface area contributed by atoms with Crippen LogP contribution in [0.15, 0.2) is 4.99 Å². The van der Waals surface area contributed by atoms with Crippen molar-refractivity contribution < 1.29 is 17.9 Å². The average molecular weight is 494 g/mol. The number of nitrogens with zero attached hydrogens (tertiary/aromatic N) is 2. The van der Waals surface area contributed by atoms with E-state index in [1.807, 2.05) is 13.8 Å². The van der Waals surface area contributed by atoms with E-state index in [4.69, 9.17) is 9.47 Å². The second kappa shape index (κ2) is 17.3. The van der Waals surface area contributed by atoms with Gasteiger partial charge in [-0.05, 0) is 19.8 Å². The minimum absolute atomic E-state index is 0. The largest absolute Gasteiger partial charge is 0.382 e. The second-order valence-corrected chi connectivity index (χ2v) is 7.24. The van der Waals surface area contributed by atoms with E-state index in [2.05, 4.69) is 15.6 Å². The van der Waals surface area contributed by atoms with Crippen molar-refractivity contribution in [1.82, 2.24) is 14.9 Å². The summed E-state index contributed by atoms with van der Waals surface area (Å²) < 4.78 is 34.8. The number of aliphatic imine (C=N–C) groups is 1. The molecular formula is C15H35IN4O4S.